The van der Waals surface area contributed by atoms with Crippen LogP contribution in [0.25, 0.3) is 0 Å². The van der Waals surface area contributed by atoms with E-state index in [4.69, 9.17) is 15.3 Å². The molecule has 0 bridgehead atoms. The maximum Gasteiger partial charge on any atom is 0.328 e. The Balaban J connectivity index is 3.75. The third kappa shape index (κ3) is 26.9. The minimum absolute atomic E-state index is 0.0551. The Morgan fingerprint density at radius 3 is 1.22 bits per heavy atom. The molecule has 0 rings (SSSR count). The molecule has 13 heteroatoms. The Kier molecular flexibility index (Phi) is 26.2. The standard InChI is InChI=1S/C32H57N3O10/c36-24-26(32(44)45)35-29(39)19-17-23-33-27(37)22-21-25(31(42)43)34-28(38)18-15-13-11-9-7-5-3-1-2-4-6-8-10-12-14-16-20-30(40)41/h25-26,36H,1-24H2,(H,33,37)(H,34,38)(H,35,39)(H,40,41)(H,42,43)(H,44,45)/t25-,26-/m0/s1. The molecule has 2 atom stereocenters. The van der Waals surface area contributed by atoms with Gasteiger partial charge in [-0.25, -0.2) is 9.59 Å². The van der Waals surface area contributed by atoms with E-state index in [1.165, 1.54) is 57.8 Å². The van der Waals surface area contributed by atoms with Gasteiger partial charge in [-0.15, -0.1) is 0 Å². The van der Waals surface area contributed by atoms with Crippen molar-refractivity contribution in [3.63, 3.8) is 0 Å². The van der Waals surface area contributed by atoms with Gasteiger partial charge in [0.25, 0.3) is 0 Å². The van der Waals surface area contributed by atoms with Crippen LogP contribution in [0, 0.1) is 0 Å². The first-order valence-electron chi connectivity index (χ1n) is 16.7. The fraction of sp³-hybridized carbons (Fsp3) is 0.812. The maximum atomic E-state index is 12.2. The molecule has 0 saturated heterocycles. The summed E-state index contributed by atoms with van der Waals surface area (Å²) in [5.74, 6) is -4.62. The highest BCUT2D eigenvalue weighted by atomic mass is 16.4. The number of aliphatic hydroxyl groups excluding tert-OH is 1. The summed E-state index contributed by atoms with van der Waals surface area (Å²) in [6.07, 6.45) is 18.3. The van der Waals surface area contributed by atoms with Gasteiger partial charge in [-0.3, -0.25) is 19.2 Å². The van der Waals surface area contributed by atoms with E-state index in [-0.39, 0.29) is 51.0 Å². The quantitative estimate of drug-likeness (QED) is 0.0540. The highest BCUT2D eigenvalue weighted by molar-refractivity contribution is 5.85. The van der Waals surface area contributed by atoms with E-state index in [1.807, 2.05) is 0 Å². The predicted octanol–water partition coefficient (Wildman–Crippen LogP) is 3.90. The average Bonchev–Trinajstić information content (AvgIpc) is 2.99. The van der Waals surface area contributed by atoms with Gasteiger partial charge in [0, 0.05) is 32.2 Å². The lowest BCUT2D eigenvalue weighted by molar-refractivity contribution is -0.143. The molecule has 13 nitrogen and oxygen atoms in total. The number of carbonyl (C=O) groups is 6. The molecule has 260 valence electrons. The minimum atomic E-state index is -1.38. The van der Waals surface area contributed by atoms with Crippen LogP contribution in [-0.4, -0.2) is 81.3 Å². The van der Waals surface area contributed by atoms with E-state index in [1.54, 1.807) is 0 Å². The van der Waals surface area contributed by atoms with Gasteiger partial charge in [0.1, 0.15) is 12.1 Å². The van der Waals surface area contributed by atoms with E-state index in [9.17, 15) is 33.9 Å². The third-order valence-electron chi connectivity index (χ3n) is 7.56. The first-order chi connectivity index (χ1) is 21.6. The van der Waals surface area contributed by atoms with Crippen molar-refractivity contribution in [3.8, 4) is 0 Å². The number of aliphatic carboxylic acids is 3. The fourth-order valence-corrected chi connectivity index (χ4v) is 4.85. The van der Waals surface area contributed by atoms with Crippen molar-refractivity contribution in [1.82, 2.24) is 16.0 Å². The summed E-state index contributed by atoms with van der Waals surface area (Å²) < 4.78 is 0. The molecule has 0 aliphatic rings. The number of unbranched alkanes of at least 4 members (excludes halogenated alkanes) is 15. The Hall–Kier alpha value is -3.22. The van der Waals surface area contributed by atoms with Crippen molar-refractivity contribution in [1.29, 1.82) is 0 Å². The Bertz CT molecular complexity index is 868. The summed E-state index contributed by atoms with van der Waals surface area (Å²) >= 11 is 0. The molecular formula is C32H57N3O10. The van der Waals surface area contributed by atoms with Crippen LogP contribution in [0.5, 0.6) is 0 Å². The zero-order valence-electron chi connectivity index (χ0n) is 26.9. The molecule has 0 saturated carbocycles. The topological polar surface area (TPSA) is 219 Å². The predicted molar refractivity (Wildman–Crippen MR) is 168 cm³/mol. The monoisotopic (exact) mass is 643 g/mol. The highest BCUT2D eigenvalue weighted by Crippen LogP contribution is 2.14. The van der Waals surface area contributed by atoms with E-state index < -0.39 is 48.4 Å². The molecule has 0 heterocycles. The number of carboxylic acids is 3. The van der Waals surface area contributed by atoms with Crippen molar-refractivity contribution in [2.45, 2.75) is 153 Å². The molecule has 0 aliphatic carbocycles. The molecule has 45 heavy (non-hydrogen) atoms. The van der Waals surface area contributed by atoms with Crippen LogP contribution in [0.4, 0.5) is 0 Å². The number of amides is 3. The van der Waals surface area contributed by atoms with Gasteiger partial charge in [0.15, 0.2) is 0 Å². The number of hydrogen-bond acceptors (Lipinski definition) is 7. The van der Waals surface area contributed by atoms with Crippen LogP contribution in [0.1, 0.15) is 141 Å². The van der Waals surface area contributed by atoms with Crippen LogP contribution in [0.3, 0.4) is 0 Å². The molecule has 3 amide bonds. The molecule has 0 aromatic carbocycles. The summed E-state index contributed by atoms with van der Waals surface area (Å²) in [6.45, 7) is -0.599. The number of hydrogen-bond donors (Lipinski definition) is 7. The second-order valence-corrected chi connectivity index (χ2v) is 11.6. The van der Waals surface area contributed by atoms with Crippen LogP contribution in [-0.2, 0) is 28.8 Å². The lowest BCUT2D eigenvalue weighted by atomic mass is 10.0. The van der Waals surface area contributed by atoms with Gasteiger partial charge in [-0.1, -0.05) is 89.9 Å². The summed E-state index contributed by atoms with van der Waals surface area (Å²) in [6, 6.07) is -2.56. The first kappa shape index (κ1) is 41.8. The first-order valence-corrected chi connectivity index (χ1v) is 16.7. The molecule has 0 radical (unpaired) electrons. The zero-order valence-corrected chi connectivity index (χ0v) is 26.9. The summed E-state index contributed by atoms with van der Waals surface area (Å²) in [5, 5.41) is 42.9. The third-order valence-corrected chi connectivity index (χ3v) is 7.56. The van der Waals surface area contributed by atoms with E-state index >= 15 is 0 Å². The molecule has 0 aromatic rings. The Labute approximate surface area is 267 Å². The van der Waals surface area contributed by atoms with Crippen LogP contribution in [0.2, 0.25) is 0 Å². The van der Waals surface area contributed by atoms with Crippen molar-refractivity contribution >= 4 is 35.6 Å². The van der Waals surface area contributed by atoms with Crippen LogP contribution < -0.4 is 16.0 Å². The Morgan fingerprint density at radius 2 is 0.822 bits per heavy atom. The smallest absolute Gasteiger partial charge is 0.328 e. The second-order valence-electron chi connectivity index (χ2n) is 11.6. The van der Waals surface area contributed by atoms with Crippen LogP contribution >= 0.6 is 0 Å². The summed E-state index contributed by atoms with van der Waals surface area (Å²) in [5.41, 5.74) is 0. The molecule has 0 unspecified atom stereocenters. The van der Waals surface area contributed by atoms with Crippen LogP contribution in [0.15, 0.2) is 0 Å². The second kappa shape index (κ2) is 28.3. The van der Waals surface area contributed by atoms with Gasteiger partial charge in [0.2, 0.25) is 17.7 Å². The van der Waals surface area contributed by atoms with Crippen molar-refractivity contribution in [2.24, 2.45) is 0 Å². The van der Waals surface area contributed by atoms with Gasteiger partial charge < -0.3 is 36.4 Å². The number of carbonyl (C=O) groups excluding carboxylic acids is 3. The molecule has 0 aromatic heterocycles. The Morgan fingerprint density at radius 1 is 0.444 bits per heavy atom. The van der Waals surface area contributed by atoms with Crippen molar-refractivity contribution in [3.05, 3.63) is 0 Å². The molecule has 0 spiro atoms. The fourth-order valence-electron chi connectivity index (χ4n) is 4.85. The molecule has 0 fully saturated rings. The summed E-state index contributed by atoms with van der Waals surface area (Å²) in [4.78, 5) is 68.7. The van der Waals surface area contributed by atoms with Gasteiger partial charge in [-0.05, 0) is 25.7 Å². The normalized spacial score (nSPS) is 12.2. The summed E-state index contributed by atoms with van der Waals surface area (Å²) in [7, 11) is 0. The number of aliphatic hydroxyl groups is 1. The van der Waals surface area contributed by atoms with Crippen molar-refractivity contribution in [2.75, 3.05) is 13.2 Å². The lowest BCUT2D eigenvalue weighted by Gasteiger charge is -2.14. The van der Waals surface area contributed by atoms with Gasteiger partial charge in [-0.2, -0.15) is 0 Å². The highest BCUT2D eigenvalue weighted by Gasteiger charge is 2.21. The van der Waals surface area contributed by atoms with Gasteiger partial charge in [0.05, 0.1) is 6.61 Å². The lowest BCUT2D eigenvalue weighted by Crippen LogP contribution is -2.43. The van der Waals surface area contributed by atoms with Crippen molar-refractivity contribution < 1.29 is 49.2 Å². The molecule has 7 N–H and O–H groups in total. The molecular weight excluding hydrogens is 586 g/mol. The SMILES string of the molecule is O=C(O)CCCCCCCCCCCCCCCCCCC(=O)N[C@@H](CCC(=O)NCCCC(=O)N[C@@H](CO)C(=O)O)C(=O)O. The van der Waals surface area contributed by atoms with E-state index in [2.05, 4.69) is 16.0 Å². The number of nitrogens with one attached hydrogen (secondary N) is 3. The molecule has 0 aliphatic heterocycles. The van der Waals surface area contributed by atoms with Gasteiger partial charge >= 0.3 is 17.9 Å². The largest absolute Gasteiger partial charge is 0.481 e. The number of rotatable bonds is 31. The maximum absolute atomic E-state index is 12.2. The van der Waals surface area contributed by atoms with E-state index in [0.717, 1.165) is 38.5 Å². The minimum Gasteiger partial charge on any atom is -0.481 e. The number of carboxylic acid groups (broad SMARTS) is 3. The zero-order chi connectivity index (χ0) is 33.7. The van der Waals surface area contributed by atoms with E-state index in [0.29, 0.717) is 6.42 Å². The average molecular weight is 644 g/mol.